The van der Waals surface area contributed by atoms with E-state index < -0.39 is 6.29 Å². The molecule has 3 atom stereocenters. The fourth-order valence-corrected chi connectivity index (χ4v) is 6.63. The first kappa shape index (κ1) is 35.3. The highest BCUT2D eigenvalue weighted by Crippen LogP contribution is 2.40. The number of benzene rings is 4. The first-order valence-electron chi connectivity index (χ1n) is 16.6. The second kappa shape index (κ2) is 18.5. The van der Waals surface area contributed by atoms with E-state index >= 15 is 0 Å². The summed E-state index contributed by atoms with van der Waals surface area (Å²) in [6.45, 7) is 0.462. The Morgan fingerprint density at radius 1 is 0.729 bits per heavy atom. The maximum atomic E-state index is 12.4. The Morgan fingerprint density at radius 2 is 1.44 bits per heavy atom. The average Bonchev–Trinajstić information content (AvgIpc) is 3.15. The normalized spacial score (nSPS) is 17.5. The van der Waals surface area contributed by atoms with Crippen molar-refractivity contribution in [1.82, 2.24) is 10.8 Å². The van der Waals surface area contributed by atoms with Crippen molar-refractivity contribution >= 4 is 23.6 Å². The fraction of sp³-hybridized carbons (Fsp3) is 0.333. The van der Waals surface area contributed by atoms with Crippen LogP contribution >= 0.6 is 11.8 Å². The lowest BCUT2D eigenvalue weighted by molar-refractivity contribution is -0.245. The molecule has 1 aliphatic rings. The highest BCUT2D eigenvalue weighted by Gasteiger charge is 2.32. The minimum atomic E-state index is -0.515. The molecule has 2 amide bonds. The van der Waals surface area contributed by atoms with Gasteiger partial charge in [-0.2, -0.15) is 0 Å². The van der Waals surface area contributed by atoms with Crippen LogP contribution in [-0.4, -0.2) is 34.0 Å². The Bertz CT molecular complexity index is 1580. The molecular formula is C39H44N2O6S. The summed E-state index contributed by atoms with van der Waals surface area (Å²) in [5, 5.41) is 21.1. The third-order valence-electron chi connectivity index (χ3n) is 8.41. The van der Waals surface area contributed by atoms with Crippen molar-refractivity contribution in [2.24, 2.45) is 0 Å². The second-order valence-electron chi connectivity index (χ2n) is 12.0. The molecule has 0 unspecified atom stereocenters. The molecule has 1 heterocycles. The van der Waals surface area contributed by atoms with Gasteiger partial charge in [0.15, 0.2) is 6.29 Å². The second-order valence-corrected chi connectivity index (χ2v) is 13.1. The maximum Gasteiger partial charge on any atom is 0.243 e. The molecule has 0 aliphatic carbocycles. The number of ether oxygens (including phenoxy) is 2. The van der Waals surface area contributed by atoms with Crippen LogP contribution < -0.4 is 10.8 Å². The van der Waals surface area contributed by atoms with Crippen molar-refractivity contribution in [3.8, 4) is 11.1 Å². The topological polar surface area (TPSA) is 117 Å². The number of carbonyl (C=O) groups is 2. The van der Waals surface area contributed by atoms with E-state index in [0.717, 1.165) is 64.8 Å². The Balaban J connectivity index is 1.18. The van der Waals surface area contributed by atoms with Crippen LogP contribution in [0.4, 0.5) is 0 Å². The zero-order valence-electron chi connectivity index (χ0n) is 27.1. The molecule has 0 radical (unpaired) electrons. The molecule has 5 rings (SSSR count). The number of carbonyl (C=O) groups excluding carboxylic acids is 2. The first-order chi connectivity index (χ1) is 23.5. The Morgan fingerprint density at radius 3 is 2.15 bits per heavy atom. The third-order valence-corrected chi connectivity index (χ3v) is 9.55. The van der Waals surface area contributed by atoms with Crippen LogP contribution in [0.2, 0.25) is 0 Å². The molecule has 0 saturated carbocycles. The summed E-state index contributed by atoms with van der Waals surface area (Å²) in [6, 6.07) is 34.7. The number of nitrogens with one attached hydrogen (secondary N) is 2. The summed E-state index contributed by atoms with van der Waals surface area (Å²) in [7, 11) is 0. The smallest absolute Gasteiger partial charge is 0.243 e. The van der Waals surface area contributed by atoms with Gasteiger partial charge in [-0.3, -0.25) is 14.8 Å². The fourth-order valence-electron chi connectivity index (χ4n) is 5.69. The predicted octanol–water partition coefficient (Wildman–Crippen LogP) is 7.65. The van der Waals surface area contributed by atoms with E-state index in [4.69, 9.17) is 14.7 Å². The summed E-state index contributed by atoms with van der Waals surface area (Å²) in [6.07, 6.45) is 3.97. The largest absolute Gasteiger partial charge is 0.392 e. The molecule has 0 bridgehead atoms. The summed E-state index contributed by atoms with van der Waals surface area (Å²) in [5.41, 5.74) is 7.67. The number of thioether (sulfide) groups is 1. The monoisotopic (exact) mass is 668 g/mol. The van der Waals surface area contributed by atoms with Gasteiger partial charge in [-0.15, -0.1) is 11.8 Å². The zero-order valence-corrected chi connectivity index (χ0v) is 27.9. The standard InChI is InChI=1S/C39H44N2O6S/c42-26-28-15-17-31(18-16-28)36-24-34(27-48-35-11-4-3-5-12-35)46-39(47-36)32-21-19-30(20-22-32)33-10-8-9-29(23-33)25-40-37(43)13-6-1-2-7-14-38(44)41-45/h3-5,8-12,15-23,34,36,39,42,45H,1-2,6-7,13-14,24-27H2,(H,40,43)(H,41,44)/t34-,36+,39+/m1/s1. The Labute approximate surface area is 286 Å². The van der Waals surface area contributed by atoms with Crippen molar-refractivity contribution < 1.29 is 29.4 Å². The number of aliphatic hydroxyl groups excluding tert-OH is 1. The number of rotatable bonds is 16. The molecule has 8 nitrogen and oxygen atoms in total. The van der Waals surface area contributed by atoms with Crippen LogP contribution in [0.5, 0.6) is 0 Å². The Kier molecular flexibility index (Phi) is 13.6. The molecule has 1 aliphatic heterocycles. The number of unbranched alkanes of at least 4 members (excludes halogenated alkanes) is 3. The van der Waals surface area contributed by atoms with Crippen LogP contribution in [0.25, 0.3) is 11.1 Å². The van der Waals surface area contributed by atoms with Crippen LogP contribution in [0.3, 0.4) is 0 Å². The van der Waals surface area contributed by atoms with Crippen LogP contribution in [0.15, 0.2) is 108 Å². The summed E-state index contributed by atoms with van der Waals surface area (Å²) in [5.74, 6) is 0.437. The van der Waals surface area contributed by atoms with Gasteiger partial charge in [-0.1, -0.05) is 97.8 Å². The molecule has 4 aromatic carbocycles. The lowest BCUT2D eigenvalue weighted by Crippen LogP contribution is -2.31. The number of aliphatic hydroxyl groups is 1. The first-order valence-corrected chi connectivity index (χ1v) is 17.6. The minimum absolute atomic E-state index is 0.00783. The van der Waals surface area contributed by atoms with Gasteiger partial charge in [0, 0.05) is 42.0 Å². The third kappa shape index (κ3) is 10.8. The lowest BCUT2D eigenvalue weighted by Gasteiger charge is -2.36. The van der Waals surface area contributed by atoms with Crippen LogP contribution in [0.1, 0.15) is 79.6 Å². The molecule has 9 heteroatoms. The van der Waals surface area contributed by atoms with Crippen molar-refractivity contribution in [1.29, 1.82) is 0 Å². The molecule has 48 heavy (non-hydrogen) atoms. The number of hydroxylamine groups is 1. The SMILES string of the molecule is O=C(CCCCCCC(=O)NCc1cccc(-c2ccc([C@H]3O[C@@H](CSc4ccccc4)C[C@@H](c4ccc(CO)cc4)O3)cc2)c1)NO. The lowest BCUT2D eigenvalue weighted by atomic mass is 9.99. The molecule has 252 valence electrons. The van der Waals surface area contributed by atoms with E-state index in [1.165, 1.54) is 4.90 Å². The van der Waals surface area contributed by atoms with E-state index in [1.807, 2.05) is 54.6 Å². The summed E-state index contributed by atoms with van der Waals surface area (Å²) < 4.78 is 13.1. The van der Waals surface area contributed by atoms with Gasteiger partial charge >= 0.3 is 0 Å². The van der Waals surface area contributed by atoms with Crippen LogP contribution in [-0.2, 0) is 32.2 Å². The zero-order chi connectivity index (χ0) is 33.6. The molecule has 0 spiro atoms. The van der Waals surface area contributed by atoms with E-state index in [2.05, 4.69) is 53.8 Å². The van der Waals surface area contributed by atoms with E-state index in [9.17, 15) is 14.7 Å². The predicted molar refractivity (Wildman–Crippen MR) is 187 cm³/mol. The van der Waals surface area contributed by atoms with Crippen molar-refractivity contribution in [3.05, 3.63) is 125 Å². The van der Waals surface area contributed by atoms with Gasteiger partial charge in [-0.05, 0) is 58.9 Å². The molecule has 1 saturated heterocycles. The summed E-state index contributed by atoms with van der Waals surface area (Å²) >= 11 is 1.78. The number of amides is 2. The van der Waals surface area contributed by atoms with Gasteiger partial charge in [0.2, 0.25) is 11.8 Å². The van der Waals surface area contributed by atoms with Crippen molar-refractivity contribution in [2.45, 2.75) is 81.5 Å². The van der Waals surface area contributed by atoms with E-state index in [0.29, 0.717) is 25.8 Å². The summed E-state index contributed by atoms with van der Waals surface area (Å²) in [4.78, 5) is 24.7. The van der Waals surface area contributed by atoms with Gasteiger partial charge < -0.3 is 19.9 Å². The van der Waals surface area contributed by atoms with Crippen LogP contribution in [0, 0.1) is 0 Å². The number of hydrogen-bond acceptors (Lipinski definition) is 7. The quantitative estimate of drug-likeness (QED) is 0.0420. The molecular weight excluding hydrogens is 625 g/mol. The molecule has 4 N–H and O–H groups in total. The van der Waals surface area contributed by atoms with Gasteiger partial charge in [0.1, 0.15) is 0 Å². The molecule has 0 aromatic heterocycles. The minimum Gasteiger partial charge on any atom is -0.392 e. The Hall–Kier alpha value is -3.99. The molecule has 4 aromatic rings. The van der Waals surface area contributed by atoms with E-state index in [-0.39, 0.29) is 30.6 Å². The van der Waals surface area contributed by atoms with Crippen molar-refractivity contribution in [3.63, 3.8) is 0 Å². The highest BCUT2D eigenvalue weighted by molar-refractivity contribution is 7.99. The average molecular weight is 669 g/mol. The maximum absolute atomic E-state index is 12.4. The van der Waals surface area contributed by atoms with Gasteiger partial charge in [0.05, 0.1) is 18.8 Å². The van der Waals surface area contributed by atoms with Gasteiger partial charge in [-0.25, -0.2) is 5.48 Å². The van der Waals surface area contributed by atoms with E-state index in [1.54, 1.807) is 17.2 Å². The molecule has 1 fully saturated rings. The van der Waals surface area contributed by atoms with Crippen molar-refractivity contribution in [2.75, 3.05) is 5.75 Å². The van der Waals surface area contributed by atoms with Gasteiger partial charge in [0.25, 0.3) is 0 Å². The highest BCUT2D eigenvalue weighted by atomic mass is 32.2. The number of hydrogen-bond donors (Lipinski definition) is 4.